The number of aliphatic hydroxyl groups is 1. The lowest BCUT2D eigenvalue weighted by Gasteiger charge is -2.26. The monoisotopic (exact) mass is 354 g/mol. The van der Waals surface area contributed by atoms with Crippen molar-refractivity contribution in [3.8, 4) is 5.75 Å². The number of ether oxygens (including phenoxy) is 1. The Hall–Kier alpha value is -2.87. The molecule has 0 bridgehead atoms. The highest BCUT2D eigenvalue weighted by atomic mass is 16.5. The first-order chi connectivity index (χ1) is 12.7. The molecule has 1 aliphatic rings. The summed E-state index contributed by atoms with van der Waals surface area (Å²) in [5, 5.41) is 20.9. The Balaban J connectivity index is 1.55. The van der Waals surface area contributed by atoms with E-state index in [1.165, 1.54) is 0 Å². The van der Waals surface area contributed by atoms with Crippen molar-refractivity contribution in [3.63, 3.8) is 0 Å². The van der Waals surface area contributed by atoms with Crippen LogP contribution in [-0.2, 0) is 0 Å². The quantitative estimate of drug-likeness (QED) is 0.648. The molecule has 3 N–H and O–H groups in total. The van der Waals surface area contributed by atoms with E-state index in [1.807, 2.05) is 24.3 Å². The molecule has 3 aromatic rings. The van der Waals surface area contributed by atoms with Crippen LogP contribution in [-0.4, -0.2) is 43.9 Å². The average Bonchev–Trinajstić information content (AvgIpc) is 3.07. The SMILES string of the molecule is COc1cncc(Nc2nc3cccc(NC4CCC(O)CC4)n3n2)c1. The molecule has 0 saturated heterocycles. The van der Waals surface area contributed by atoms with E-state index in [0.29, 0.717) is 17.7 Å². The van der Waals surface area contributed by atoms with Crippen molar-refractivity contribution >= 4 is 23.1 Å². The van der Waals surface area contributed by atoms with Gasteiger partial charge in [0, 0.05) is 12.1 Å². The molecule has 1 saturated carbocycles. The molecule has 136 valence electrons. The van der Waals surface area contributed by atoms with Crippen molar-refractivity contribution in [2.24, 2.45) is 0 Å². The number of fused-ring (bicyclic) bond motifs is 1. The Morgan fingerprint density at radius 2 is 2.04 bits per heavy atom. The molecule has 0 unspecified atom stereocenters. The number of methoxy groups -OCH3 is 1. The summed E-state index contributed by atoms with van der Waals surface area (Å²) in [6.45, 7) is 0. The molecule has 8 nitrogen and oxygen atoms in total. The molecule has 8 heteroatoms. The van der Waals surface area contributed by atoms with Gasteiger partial charge in [0.25, 0.3) is 0 Å². The number of nitrogens with zero attached hydrogens (tertiary/aromatic N) is 4. The Morgan fingerprint density at radius 3 is 2.85 bits per heavy atom. The van der Waals surface area contributed by atoms with Gasteiger partial charge in [-0.3, -0.25) is 4.98 Å². The molecule has 0 aliphatic heterocycles. The van der Waals surface area contributed by atoms with Crippen LogP contribution in [0, 0.1) is 0 Å². The zero-order valence-electron chi connectivity index (χ0n) is 14.6. The van der Waals surface area contributed by atoms with E-state index in [0.717, 1.165) is 42.8 Å². The van der Waals surface area contributed by atoms with E-state index >= 15 is 0 Å². The minimum absolute atomic E-state index is 0.164. The van der Waals surface area contributed by atoms with E-state index in [9.17, 15) is 5.11 Å². The second-order valence-electron chi connectivity index (χ2n) is 6.50. The molecule has 0 radical (unpaired) electrons. The Kier molecular flexibility index (Phi) is 4.57. The predicted molar refractivity (Wildman–Crippen MR) is 98.9 cm³/mol. The summed E-state index contributed by atoms with van der Waals surface area (Å²) in [6, 6.07) is 8.04. The van der Waals surface area contributed by atoms with Gasteiger partial charge in [-0.2, -0.15) is 9.50 Å². The fraction of sp³-hybridized carbons (Fsp3) is 0.389. The highest BCUT2D eigenvalue weighted by molar-refractivity contribution is 5.58. The third-order valence-corrected chi connectivity index (χ3v) is 4.61. The van der Waals surface area contributed by atoms with Crippen LogP contribution in [0.15, 0.2) is 36.7 Å². The Bertz CT molecular complexity index is 888. The topological polar surface area (TPSA) is 96.6 Å². The fourth-order valence-corrected chi connectivity index (χ4v) is 3.22. The van der Waals surface area contributed by atoms with Gasteiger partial charge < -0.3 is 20.5 Å². The van der Waals surface area contributed by atoms with E-state index in [1.54, 1.807) is 24.0 Å². The largest absolute Gasteiger partial charge is 0.495 e. The van der Waals surface area contributed by atoms with Gasteiger partial charge in [0.2, 0.25) is 5.95 Å². The van der Waals surface area contributed by atoms with Crippen LogP contribution in [0.4, 0.5) is 17.5 Å². The molecule has 4 rings (SSSR count). The standard InChI is InChI=1S/C18H22N6O2/c1-26-15-9-13(10-19-11-15)21-18-22-17-4-2-3-16(24(17)23-18)20-12-5-7-14(25)8-6-12/h2-4,9-12,14,20,25H,5-8H2,1H3,(H,21,23). The van der Waals surface area contributed by atoms with Gasteiger partial charge in [-0.25, -0.2) is 0 Å². The highest BCUT2D eigenvalue weighted by Crippen LogP contribution is 2.23. The number of rotatable bonds is 5. The van der Waals surface area contributed by atoms with Gasteiger partial charge in [-0.05, 0) is 37.8 Å². The normalized spacial score (nSPS) is 20.1. The molecule has 1 fully saturated rings. The maximum Gasteiger partial charge on any atom is 0.247 e. The molecule has 0 aromatic carbocycles. The van der Waals surface area contributed by atoms with Crippen LogP contribution in [0.5, 0.6) is 5.75 Å². The predicted octanol–water partition coefficient (Wildman–Crippen LogP) is 2.59. The molecule has 3 aromatic heterocycles. The van der Waals surface area contributed by atoms with Crippen LogP contribution >= 0.6 is 0 Å². The molecule has 26 heavy (non-hydrogen) atoms. The fourth-order valence-electron chi connectivity index (χ4n) is 3.22. The average molecular weight is 354 g/mol. The molecule has 0 amide bonds. The third kappa shape index (κ3) is 3.55. The minimum Gasteiger partial charge on any atom is -0.495 e. The van der Waals surface area contributed by atoms with Crippen molar-refractivity contribution < 1.29 is 9.84 Å². The van der Waals surface area contributed by atoms with E-state index in [2.05, 4.69) is 25.7 Å². The third-order valence-electron chi connectivity index (χ3n) is 4.61. The van der Waals surface area contributed by atoms with E-state index in [4.69, 9.17) is 4.74 Å². The molecule has 3 heterocycles. The van der Waals surface area contributed by atoms with Crippen molar-refractivity contribution in [3.05, 3.63) is 36.7 Å². The summed E-state index contributed by atoms with van der Waals surface area (Å²) in [5.41, 5.74) is 1.51. The Labute approximate surface area is 151 Å². The number of hydrogen-bond donors (Lipinski definition) is 3. The summed E-state index contributed by atoms with van der Waals surface area (Å²) in [7, 11) is 1.60. The lowest BCUT2D eigenvalue weighted by Crippen LogP contribution is -2.29. The second-order valence-corrected chi connectivity index (χ2v) is 6.50. The molecular formula is C18H22N6O2. The van der Waals surface area contributed by atoms with Crippen molar-refractivity contribution in [1.82, 2.24) is 19.6 Å². The summed E-state index contributed by atoms with van der Waals surface area (Å²) in [5.74, 6) is 2.06. The highest BCUT2D eigenvalue weighted by Gasteiger charge is 2.20. The van der Waals surface area contributed by atoms with Crippen LogP contribution in [0.1, 0.15) is 25.7 Å². The van der Waals surface area contributed by atoms with E-state index in [-0.39, 0.29) is 6.10 Å². The number of aromatic nitrogens is 4. The summed E-state index contributed by atoms with van der Waals surface area (Å²) in [6.07, 6.45) is 6.75. The summed E-state index contributed by atoms with van der Waals surface area (Å²) >= 11 is 0. The van der Waals surface area contributed by atoms with Crippen LogP contribution in [0.3, 0.4) is 0 Å². The number of hydrogen-bond acceptors (Lipinski definition) is 7. The maximum atomic E-state index is 9.67. The number of anilines is 3. The Morgan fingerprint density at radius 1 is 1.19 bits per heavy atom. The lowest BCUT2D eigenvalue weighted by atomic mass is 9.93. The molecule has 0 atom stereocenters. The number of nitrogens with one attached hydrogen (secondary N) is 2. The first-order valence-electron chi connectivity index (χ1n) is 8.78. The van der Waals surface area contributed by atoms with Crippen LogP contribution in [0.2, 0.25) is 0 Å². The van der Waals surface area contributed by atoms with Crippen molar-refractivity contribution in [2.45, 2.75) is 37.8 Å². The van der Waals surface area contributed by atoms with E-state index < -0.39 is 0 Å². The van der Waals surface area contributed by atoms with Crippen molar-refractivity contribution in [1.29, 1.82) is 0 Å². The zero-order valence-corrected chi connectivity index (χ0v) is 14.6. The summed E-state index contributed by atoms with van der Waals surface area (Å²) < 4.78 is 6.98. The minimum atomic E-state index is -0.164. The van der Waals surface area contributed by atoms with Gasteiger partial charge in [-0.15, -0.1) is 5.10 Å². The van der Waals surface area contributed by atoms with Gasteiger partial charge >= 0.3 is 0 Å². The van der Waals surface area contributed by atoms with Gasteiger partial charge in [0.15, 0.2) is 5.65 Å². The smallest absolute Gasteiger partial charge is 0.247 e. The second kappa shape index (κ2) is 7.17. The molecular weight excluding hydrogens is 332 g/mol. The summed E-state index contributed by atoms with van der Waals surface area (Å²) in [4.78, 5) is 8.65. The van der Waals surface area contributed by atoms with Crippen molar-refractivity contribution in [2.75, 3.05) is 17.7 Å². The first-order valence-corrected chi connectivity index (χ1v) is 8.78. The first kappa shape index (κ1) is 16.6. The lowest BCUT2D eigenvalue weighted by molar-refractivity contribution is 0.126. The zero-order chi connectivity index (χ0) is 17.9. The van der Waals surface area contributed by atoms with Gasteiger partial charge in [0.05, 0.1) is 31.3 Å². The maximum absolute atomic E-state index is 9.67. The van der Waals surface area contributed by atoms with Gasteiger partial charge in [-0.1, -0.05) is 6.07 Å². The number of aliphatic hydroxyl groups excluding tert-OH is 1. The van der Waals surface area contributed by atoms with Crippen LogP contribution < -0.4 is 15.4 Å². The number of pyridine rings is 2. The molecule has 0 spiro atoms. The van der Waals surface area contributed by atoms with Crippen LogP contribution in [0.25, 0.3) is 5.65 Å². The van der Waals surface area contributed by atoms with Gasteiger partial charge in [0.1, 0.15) is 11.6 Å². The molecule has 1 aliphatic carbocycles.